The van der Waals surface area contributed by atoms with Gasteiger partial charge in [0, 0.05) is 23.2 Å². The van der Waals surface area contributed by atoms with Gasteiger partial charge in [0.2, 0.25) is 0 Å². The molecule has 18 heavy (non-hydrogen) atoms. The number of ether oxygens (including phenoxy) is 1. The van der Waals surface area contributed by atoms with Crippen molar-refractivity contribution < 1.29 is 19.4 Å². The van der Waals surface area contributed by atoms with Gasteiger partial charge in [-0.15, -0.1) is 0 Å². The Morgan fingerprint density at radius 1 is 1.50 bits per heavy atom. The normalized spacial score (nSPS) is 21.1. The fourth-order valence-electron chi connectivity index (χ4n) is 2.00. The zero-order valence-electron chi connectivity index (χ0n) is 9.90. The molecule has 0 radical (unpaired) electrons. The number of para-hydroxylation sites is 1. The largest absolute Gasteiger partial charge is 0.466 e. The van der Waals surface area contributed by atoms with Gasteiger partial charge in [-0.05, 0) is 6.07 Å². The Morgan fingerprint density at radius 3 is 2.83 bits per heavy atom. The number of amides is 1. The van der Waals surface area contributed by atoms with Crippen LogP contribution in [0.3, 0.4) is 0 Å². The molecule has 0 spiro atoms. The van der Waals surface area contributed by atoms with Crippen molar-refractivity contribution in [2.24, 2.45) is 0 Å². The zero-order valence-corrected chi connectivity index (χ0v) is 9.90. The molecule has 0 aromatic heterocycles. The second-order valence-electron chi connectivity index (χ2n) is 4.13. The van der Waals surface area contributed by atoms with Crippen LogP contribution in [-0.4, -0.2) is 24.1 Å². The molecule has 1 aliphatic rings. The summed E-state index contributed by atoms with van der Waals surface area (Å²) in [6.07, 6.45) is -0.192. The molecule has 1 aliphatic heterocycles. The summed E-state index contributed by atoms with van der Waals surface area (Å²) < 4.78 is 4.51. The van der Waals surface area contributed by atoms with Gasteiger partial charge in [0.15, 0.2) is 5.60 Å². The summed E-state index contributed by atoms with van der Waals surface area (Å²) in [6.45, 7) is 3.53. The number of esters is 1. The van der Waals surface area contributed by atoms with Crippen molar-refractivity contribution in [1.29, 1.82) is 0 Å². The summed E-state index contributed by atoms with van der Waals surface area (Å²) in [5.41, 5.74) is -0.725. The topological polar surface area (TPSA) is 75.6 Å². The van der Waals surface area contributed by atoms with E-state index in [-0.39, 0.29) is 12.0 Å². The minimum Gasteiger partial charge on any atom is -0.466 e. The van der Waals surface area contributed by atoms with Crippen LogP contribution in [0.15, 0.2) is 36.4 Å². The zero-order chi connectivity index (χ0) is 13.3. The number of fused-ring (bicyclic) bond motifs is 1. The van der Waals surface area contributed by atoms with Gasteiger partial charge < -0.3 is 15.2 Å². The number of aliphatic hydroxyl groups is 1. The van der Waals surface area contributed by atoms with Crippen LogP contribution in [0.1, 0.15) is 12.0 Å². The summed E-state index contributed by atoms with van der Waals surface area (Å²) in [5.74, 6) is -1.20. The van der Waals surface area contributed by atoms with E-state index in [1.165, 1.54) is 7.11 Å². The number of rotatable bonds is 3. The quantitative estimate of drug-likeness (QED) is 0.616. The second-order valence-corrected chi connectivity index (χ2v) is 4.13. The molecule has 0 fully saturated rings. The second kappa shape index (κ2) is 4.27. The van der Waals surface area contributed by atoms with E-state index >= 15 is 0 Å². The molecule has 94 valence electrons. The third kappa shape index (κ3) is 1.78. The van der Waals surface area contributed by atoms with Crippen molar-refractivity contribution in [3.8, 4) is 0 Å². The number of hydrogen-bond donors (Lipinski definition) is 2. The first-order valence-corrected chi connectivity index (χ1v) is 5.38. The molecule has 5 heteroatoms. The average molecular weight is 247 g/mol. The number of methoxy groups -OCH3 is 1. The van der Waals surface area contributed by atoms with Gasteiger partial charge >= 0.3 is 5.97 Å². The first kappa shape index (κ1) is 12.3. The smallest absolute Gasteiger partial charge is 0.333 e. The maximum atomic E-state index is 11.8. The first-order valence-electron chi connectivity index (χ1n) is 5.38. The van der Waals surface area contributed by atoms with Crippen LogP contribution in [0.2, 0.25) is 0 Å². The number of benzene rings is 1. The van der Waals surface area contributed by atoms with Crippen LogP contribution in [0.4, 0.5) is 5.69 Å². The van der Waals surface area contributed by atoms with E-state index in [1.807, 2.05) is 0 Å². The Morgan fingerprint density at radius 2 is 2.17 bits per heavy atom. The number of carbonyl (C=O) groups excluding carboxylic acids is 2. The molecule has 1 atom stereocenters. The maximum Gasteiger partial charge on any atom is 0.333 e. The van der Waals surface area contributed by atoms with E-state index in [4.69, 9.17) is 0 Å². The van der Waals surface area contributed by atoms with Gasteiger partial charge in [-0.3, -0.25) is 4.79 Å². The molecule has 2 rings (SSSR count). The van der Waals surface area contributed by atoms with Gasteiger partial charge in [0.1, 0.15) is 0 Å². The molecule has 0 saturated heterocycles. The van der Waals surface area contributed by atoms with Crippen LogP contribution >= 0.6 is 0 Å². The maximum absolute atomic E-state index is 11.8. The lowest BCUT2D eigenvalue weighted by molar-refractivity contribution is -0.138. The predicted molar refractivity (Wildman–Crippen MR) is 64.7 cm³/mol. The summed E-state index contributed by atoms with van der Waals surface area (Å²) in [4.78, 5) is 23.1. The number of anilines is 1. The Balaban J connectivity index is 2.34. The van der Waals surface area contributed by atoms with Crippen LogP contribution in [-0.2, 0) is 19.9 Å². The Kier molecular flexibility index (Phi) is 2.92. The molecule has 1 aromatic rings. The molecular weight excluding hydrogens is 234 g/mol. The van der Waals surface area contributed by atoms with Crippen molar-refractivity contribution in [3.05, 3.63) is 42.0 Å². The van der Waals surface area contributed by atoms with Crippen molar-refractivity contribution in [3.63, 3.8) is 0 Å². The molecule has 0 bridgehead atoms. The number of nitrogens with one attached hydrogen (secondary N) is 1. The molecular formula is C13H13NO4. The van der Waals surface area contributed by atoms with Gasteiger partial charge in [-0.25, -0.2) is 4.79 Å². The summed E-state index contributed by atoms with van der Waals surface area (Å²) in [6, 6.07) is 6.79. The Labute approximate surface area is 104 Å². The number of carbonyl (C=O) groups is 2. The van der Waals surface area contributed by atoms with Gasteiger partial charge in [0.05, 0.1) is 7.11 Å². The minimum atomic E-state index is -1.76. The molecule has 0 saturated carbocycles. The van der Waals surface area contributed by atoms with E-state index in [9.17, 15) is 14.7 Å². The molecule has 1 heterocycles. The summed E-state index contributed by atoms with van der Waals surface area (Å²) >= 11 is 0. The molecule has 1 amide bonds. The van der Waals surface area contributed by atoms with Gasteiger partial charge in [0.25, 0.3) is 5.91 Å². The highest BCUT2D eigenvalue weighted by Crippen LogP contribution is 2.39. The SMILES string of the molecule is C=C(CC1(O)C(=O)Nc2ccccc21)C(=O)OC. The highest BCUT2D eigenvalue weighted by Gasteiger charge is 2.46. The molecule has 5 nitrogen and oxygen atoms in total. The van der Waals surface area contributed by atoms with Crippen molar-refractivity contribution in [1.82, 2.24) is 0 Å². The number of hydrogen-bond acceptors (Lipinski definition) is 4. The molecule has 2 N–H and O–H groups in total. The Bertz CT molecular complexity index is 538. The Hall–Kier alpha value is -2.14. The predicted octanol–water partition coefficient (Wildman–Crippen LogP) is 0.946. The lowest BCUT2D eigenvalue weighted by Gasteiger charge is -2.21. The highest BCUT2D eigenvalue weighted by molar-refractivity contribution is 6.05. The van der Waals surface area contributed by atoms with E-state index < -0.39 is 17.5 Å². The fourth-order valence-corrected chi connectivity index (χ4v) is 2.00. The van der Waals surface area contributed by atoms with Gasteiger partial charge in [-0.1, -0.05) is 24.8 Å². The fraction of sp³-hybridized carbons (Fsp3) is 0.231. The van der Waals surface area contributed by atoms with E-state index in [1.54, 1.807) is 24.3 Å². The molecule has 1 aromatic carbocycles. The summed E-state index contributed by atoms with van der Waals surface area (Å²) in [5, 5.41) is 13.0. The first-order chi connectivity index (χ1) is 8.49. The van der Waals surface area contributed by atoms with E-state index in [2.05, 4.69) is 16.6 Å². The lowest BCUT2D eigenvalue weighted by Crippen LogP contribution is -2.35. The average Bonchev–Trinajstić information content (AvgIpc) is 2.61. The van der Waals surface area contributed by atoms with Gasteiger partial charge in [-0.2, -0.15) is 0 Å². The monoisotopic (exact) mass is 247 g/mol. The lowest BCUT2D eigenvalue weighted by atomic mass is 9.89. The van der Waals surface area contributed by atoms with Crippen molar-refractivity contribution >= 4 is 17.6 Å². The van der Waals surface area contributed by atoms with Crippen LogP contribution in [0, 0.1) is 0 Å². The molecule has 1 unspecified atom stereocenters. The highest BCUT2D eigenvalue weighted by atomic mass is 16.5. The third-order valence-corrected chi connectivity index (χ3v) is 2.94. The van der Waals surface area contributed by atoms with E-state index in [0.717, 1.165) is 0 Å². The van der Waals surface area contributed by atoms with Crippen molar-refractivity contribution in [2.75, 3.05) is 12.4 Å². The minimum absolute atomic E-state index is 0.0480. The molecule has 0 aliphatic carbocycles. The van der Waals surface area contributed by atoms with Crippen LogP contribution in [0.5, 0.6) is 0 Å². The van der Waals surface area contributed by atoms with Crippen LogP contribution < -0.4 is 5.32 Å². The van der Waals surface area contributed by atoms with E-state index in [0.29, 0.717) is 11.3 Å². The summed E-state index contributed by atoms with van der Waals surface area (Å²) in [7, 11) is 1.22. The third-order valence-electron chi connectivity index (χ3n) is 2.94. The standard InChI is InChI=1S/C13H13NO4/c1-8(11(15)18-2)7-13(17)9-5-3-4-6-10(9)14-12(13)16/h3-6,17H,1,7H2,2H3,(H,14,16). The van der Waals surface area contributed by atoms with Crippen LogP contribution in [0.25, 0.3) is 0 Å². The van der Waals surface area contributed by atoms with Crippen molar-refractivity contribution in [2.45, 2.75) is 12.0 Å².